The minimum absolute atomic E-state index is 0.110. The summed E-state index contributed by atoms with van der Waals surface area (Å²) in [5.74, 6) is 1.58. The van der Waals surface area contributed by atoms with Crippen LogP contribution in [0.5, 0.6) is 0 Å². The predicted octanol–water partition coefficient (Wildman–Crippen LogP) is 4.88. The zero-order chi connectivity index (χ0) is 23.7. The third-order valence-corrected chi connectivity index (χ3v) is 7.74. The van der Waals surface area contributed by atoms with E-state index in [0.717, 1.165) is 44.3 Å². The number of thioether (sulfide) groups is 1. The fourth-order valence-electron chi connectivity index (χ4n) is 4.85. The molecule has 2 aromatic rings. The molecule has 2 aliphatic rings. The number of rotatable bonds is 6. The maximum absolute atomic E-state index is 13.7. The minimum Gasteiger partial charge on any atom is -0.355 e. The van der Waals surface area contributed by atoms with E-state index in [1.54, 1.807) is 21.6 Å². The second-order valence-corrected chi connectivity index (χ2v) is 11.1. The second-order valence-electron chi connectivity index (χ2n) is 9.43. The number of amides is 1. The molecule has 176 valence electrons. The first-order valence-electron chi connectivity index (χ1n) is 11.8. The Balaban J connectivity index is 1.81. The van der Waals surface area contributed by atoms with Crippen LogP contribution >= 0.6 is 24.0 Å². The van der Waals surface area contributed by atoms with Gasteiger partial charge in [0.05, 0.1) is 10.5 Å². The van der Waals surface area contributed by atoms with Gasteiger partial charge in [0.1, 0.15) is 15.8 Å². The smallest absolute Gasteiger partial charge is 0.267 e. The van der Waals surface area contributed by atoms with Gasteiger partial charge in [-0.15, -0.1) is 0 Å². The molecule has 2 aliphatic heterocycles. The van der Waals surface area contributed by atoms with Gasteiger partial charge in [0, 0.05) is 25.8 Å². The van der Waals surface area contributed by atoms with E-state index in [0.29, 0.717) is 44.6 Å². The van der Waals surface area contributed by atoms with Crippen LogP contribution in [0.4, 0.5) is 5.82 Å². The van der Waals surface area contributed by atoms with Gasteiger partial charge in [-0.25, -0.2) is 4.98 Å². The Morgan fingerprint density at radius 3 is 2.64 bits per heavy atom. The first-order valence-corrected chi connectivity index (χ1v) is 13.0. The van der Waals surface area contributed by atoms with Crippen molar-refractivity contribution in [3.05, 3.63) is 44.7 Å². The molecule has 0 spiro atoms. The molecule has 2 fully saturated rings. The zero-order valence-corrected chi connectivity index (χ0v) is 21.5. The average molecular weight is 485 g/mol. The number of pyridine rings is 1. The van der Waals surface area contributed by atoms with Gasteiger partial charge < -0.3 is 4.90 Å². The van der Waals surface area contributed by atoms with Crippen LogP contribution in [-0.4, -0.2) is 44.1 Å². The van der Waals surface area contributed by atoms with E-state index >= 15 is 0 Å². The van der Waals surface area contributed by atoms with Gasteiger partial charge in [0.2, 0.25) is 0 Å². The lowest BCUT2D eigenvalue weighted by atomic mass is 9.91. The largest absolute Gasteiger partial charge is 0.355 e. The van der Waals surface area contributed by atoms with Crippen molar-refractivity contribution in [1.29, 1.82) is 0 Å². The molecule has 0 unspecified atom stereocenters. The summed E-state index contributed by atoms with van der Waals surface area (Å²) in [5.41, 5.74) is 1.92. The first-order chi connectivity index (χ1) is 15.8. The quantitative estimate of drug-likeness (QED) is 0.331. The lowest BCUT2D eigenvalue weighted by Gasteiger charge is -2.36. The van der Waals surface area contributed by atoms with Crippen molar-refractivity contribution in [3.8, 4) is 0 Å². The summed E-state index contributed by atoms with van der Waals surface area (Å²) in [5, 5.41) is 0. The number of carbonyl (C=O) groups is 1. The molecular formula is C25H32N4O2S2. The van der Waals surface area contributed by atoms with E-state index in [1.165, 1.54) is 11.8 Å². The van der Waals surface area contributed by atoms with Crippen LogP contribution in [-0.2, 0) is 4.79 Å². The molecule has 1 amide bonds. The third-order valence-electron chi connectivity index (χ3n) is 6.37. The molecule has 0 aromatic carbocycles. The van der Waals surface area contributed by atoms with Gasteiger partial charge in [-0.05, 0) is 49.3 Å². The molecule has 8 heteroatoms. The van der Waals surface area contributed by atoms with E-state index in [-0.39, 0.29) is 11.5 Å². The van der Waals surface area contributed by atoms with Crippen molar-refractivity contribution in [3.63, 3.8) is 0 Å². The number of unbranched alkanes of at least 4 members (excludes halogenated alkanes) is 2. The van der Waals surface area contributed by atoms with Gasteiger partial charge in [-0.1, -0.05) is 63.7 Å². The highest BCUT2D eigenvalue weighted by atomic mass is 32.2. The summed E-state index contributed by atoms with van der Waals surface area (Å²) < 4.78 is 2.15. The molecule has 0 saturated carbocycles. The molecule has 0 bridgehead atoms. The standard InChI is InChI=1S/C25H32N4O2S2/c1-5-6-7-10-29-24(31)20(33-25(29)32)13-19-22(27-14-16(2)12-17(3)15-27)26-21-18(4)9-8-11-28(21)23(19)30/h8-9,11,13,16-17H,5-7,10,12,14-15H2,1-4H3/b20-13-/t16-,17-/m0/s1. The van der Waals surface area contributed by atoms with E-state index in [9.17, 15) is 9.59 Å². The summed E-state index contributed by atoms with van der Waals surface area (Å²) in [4.78, 5) is 36.2. The summed E-state index contributed by atoms with van der Waals surface area (Å²) >= 11 is 6.78. The fourth-order valence-corrected chi connectivity index (χ4v) is 6.14. The number of piperidine rings is 1. The van der Waals surface area contributed by atoms with Crippen molar-refractivity contribution in [1.82, 2.24) is 14.3 Å². The van der Waals surface area contributed by atoms with Crippen molar-refractivity contribution >= 4 is 51.7 Å². The summed E-state index contributed by atoms with van der Waals surface area (Å²) in [7, 11) is 0. The number of hydrogen-bond acceptors (Lipinski definition) is 6. The van der Waals surface area contributed by atoms with Crippen LogP contribution < -0.4 is 10.5 Å². The SMILES string of the molecule is CCCCCN1C(=O)/C(=C/c2c(N3C[C@@H](C)C[C@H](C)C3)nc3c(C)cccn3c2=O)SC1=S. The highest BCUT2D eigenvalue weighted by Gasteiger charge is 2.33. The summed E-state index contributed by atoms with van der Waals surface area (Å²) in [6, 6.07) is 3.82. The van der Waals surface area contributed by atoms with Gasteiger partial charge >= 0.3 is 0 Å². The fraction of sp³-hybridized carbons (Fsp3) is 0.520. The lowest BCUT2D eigenvalue weighted by Crippen LogP contribution is -2.40. The van der Waals surface area contributed by atoms with Crippen LogP contribution in [0.25, 0.3) is 11.7 Å². The number of fused-ring (bicyclic) bond motifs is 1. The van der Waals surface area contributed by atoms with Crippen molar-refractivity contribution < 1.29 is 4.79 Å². The topological polar surface area (TPSA) is 57.9 Å². The monoisotopic (exact) mass is 484 g/mol. The molecule has 4 rings (SSSR count). The molecule has 2 aromatic heterocycles. The molecule has 6 nitrogen and oxygen atoms in total. The summed E-state index contributed by atoms with van der Waals surface area (Å²) in [6.45, 7) is 10.9. The Morgan fingerprint density at radius 2 is 1.94 bits per heavy atom. The first kappa shape index (κ1) is 24.0. The maximum Gasteiger partial charge on any atom is 0.267 e. The molecule has 0 radical (unpaired) electrons. The zero-order valence-electron chi connectivity index (χ0n) is 19.8. The van der Waals surface area contributed by atoms with E-state index in [1.807, 2.05) is 19.1 Å². The molecule has 33 heavy (non-hydrogen) atoms. The van der Waals surface area contributed by atoms with Crippen LogP contribution in [0.15, 0.2) is 28.0 Å². The van der Waals surface area contributed by atoms with Crippen molar-refractivity contribution in [2.45, 2.75) is 53.4 Å². The highest BCUT2D eigenvalue weighted by molar-refractivity contribution is 8.26. The number of anilines is 1. The maximum atomic E-state index is 13.7. The number of thiocarbonyl (C=S) groups is 1. The van der Waals surface area contributed by atoms with Gasteiger partial charge in [0.25, 0.3) is 11.5 Å². The van der Waals surface area contributed by atoms with E-state index < -0.39 is 0 Å². The number of nitrogens with zero attached hydrogens (tertiary/aromatic N) is 4. The van der Waals surface area contributed by atoms with Gasteiger partial charge in [-0.3, -0.25) is 18.9 Å². The number of hydrogen-bond donors (Lipinski definition) is 0. The predicted molar refractivity (Wildman–Crippen MR) is 141 cm³/mol. The van der Waals surface area contributed by atoms with Crippen LogP contribution in [0.1, 0.15) is 57.6 Å². The van der Waals surface area contributed by atoms with Gasteiger partial charge in [0.15, 0.2) is 0 Å². The Morgan fingerprint density at radius 1 is 1.21 bits per heavy atom. The Bertz CT molecular complexity index is 1160. The van der Waals surface area contributed by atoms with E-state index in [2.05, 4.69) is 25.7 Å². The lowest BCUT2D eigenvalue weighted by molar-refractivity contribution is -0.122. The normalized spacial score (nSPS) is 22.7. The number of carbonyl (C=O) groups excluding carboxylic acids is 1. The van der Waals surface area contributed by atoms with E-state index in [4.69, 9.17) is 17.2 Å². The third kappa shape index (κ3) is 4.87. The van der Waals surface area contributed by atoms with Crippen LogP contribution in [0, 0.1) is 18.8 Å². The van der Waals surface area contributed by atoms with Crippen LogP contribution in [0.2, 0.25) is 0 Å². The molecule has 4 heterocycles. The van der Waals surface area contributed by atoms with Crippen molar-refractivity contribution in [2.24, 2.45) is 11.8 Å². The molecule has 0 aliphatic carbocycles. The average Bonchev–Trinajstić information content (AvgIpc) is 3.03. The van der Waals surface area contributed by atoms with Crippen molar-refractivity contribution in [2.75, 3.05) is 24.5 Å². The second kappa shape index (κ2) is 9.97. The summed E-state index contributed by atoms with van der Waals surface area (Å²) in [6.07, 6.45) is 7.69. The molecule has 0 N–H and O–H groups in total. The number of aryl methyl sites for hydroxylation is 1. The minimum atomic E-state index is -0.152. The number of aromatic nitrogens is 2. The Kier molecular flexibility index (Phi) is 7.24. The molecule has 2 saturated heterocycles. The molecule has 2 atom stereocenters. The Labute approximate surface area is 205 Å². The highest BCUT2D eigenvalue weighted by Crippen LogP contribution is 2.35. The molecular weight excluding hydrogens is 452 g/mol. The van der Waals surface area contributed by atoms with Crippen LogP contribution in [0.3, 0.4) is 0 Å². The van der Waals surface area contributed by atoms with Gasteiger partial charge in [-0.2, -0.15) is 0 Å². The Hall–Kier alpha value is -2.19.